The van der Waals surface area contributed by atoms with Gasteiger partial charge in [-0.2, -0.15) is 0 Å². The van der Waals surface area contributed by atoms with Crippen LogP contribution < -0.4 is 0 Å². The molecule has 0 aromatic carbocycles. The first-order chi connectivity index (χ1) is 3.84. The Morgan fingerprint density at radius 1 is 1.75 bits per heavy atom. The Morgan fingerprint density at radius 3 is 2.75 bits per heavy atom. The highest BCUT2D eigenvalue weighted by Gasteiger charge is 1.98. The minimum Gasteiger partial charge on any atom is -0.504 e. The third-order valence-electron chi connectivity index (χ3n) is 0.936. The molecule has 0 bridgehead atoms. The van der Waals surface area contributed by atoms with Crippen molar-refractivity contribution in [2.45, 2.75) is 6.92 Å². The molecule has 1 N–H and O–H groups in total. The molecule has 0 atom stereocenters. The molecule has 1 rings (SSSR count). The van der Waals surface area contributed by atoms with Crippen molar-refractivity contribution in [3.05, 3.63) is 24.5 Å². The predicted molar refractivity (Wildman–Crippen MR) is 29.4 cm³/mol. The number of furan rings is 1. The summed E-state index contributed by atoms with van der Waals surface area (Å²) in [6.45, 7) is 1.80. The summed E-state index contributed by atoms with van der Waals surface area (Å²) in [4.78, 5) is 0. The zero-order valence-electron chi connectivity index (χ0n) is 4.59. The summed E-state index contributed by atoms with van der Waals surface area (Å²) >= 11 is 0. The lowest BCUT2D eigenvalue weighted by molar-refractivity contribution is 0.446. The molecule has 0 saturated heterocycles. The third kappa shape index (κ3) is 0.689. The molecule has 43 valence electrons. The van der Waals surface area contributed by atoms with Gasteiger partial charge < -0.3 is 9.52 Å². The molecule has 0 aliphatic heterocycles. The average Bonchev–Trinajstić information content (AvgIpc) is 2.14. The SMILES string of the molecule is C[CH]c1occc1O. The van der Waals surface area contributed by atoms with Crippen LogP contribution >= 0.6 is 0 Å². The summed E-state index contributed by atoms with van der Waals surface area (Å²) in [5.74, 6) is 0.734. The van der Waals surface area contributed by atoms with E-state index in [0.717, 1.165) is 0 Å². The van der Waals surface area contributed by atoms with Gasteiger partial charge in [0.25, 0.3) is 0 Å². The van der Waals surface area contributed by atoms with Crippen LogP contribution in [0, 0.1) is 6.42 Å². The summed E-state index contributed by atoms with van der Waals surface area (Å²) in [6.07, 6.45) is 3.15. The summed E-state index contributed by atoms with van der Waals surface area (Å²) in [5.41, 5.74) is 0. The first-order valence-corrected chi connectivity index (χ1v) is 2.40. The van der Waals surface area contributed by atoms with E-state index in [-0.39, 0.29) is 5.75 Å². The maximum atomic E-state index is 8.83. The monoisotopic (exact) mass is 111 g/mol. The van der Waals surface area contributed by atoms with E-state index in [1.54, 1.807) is 13.3 Å². The van der Waals surface area contributed by atoms with Crippen LogP contribution in [0.5, 0.6) is 5.75 Å². The lowest BCUT2D eigenvalue weighted by atomic mass is 10.3. The fourth-order valence-corrected chi connectivity index (χ4v) is 0.530. The second-order valence-corrected chi connectivity index (χ2v) is 1.46. The number of aromatic hydroxyl groups is 1. The van der Waals surface area contributed by atoms with Crippen LogP contribution in [0.25, 0.3) is 0 Å². The van der Waals surface area contributed by atoms with Crippen LogP contribution in [-0.2, 0) is 0 Å². The molecule has 0 saturated carbocycles. The van der Waals surface area contributed by atoms with Crippen molar-refractivity contribution in [1.82, 2.24) is 0 Å². The van der Waals surface area contributed by atoms with Crippen LogP contribution in [0.1, 0.15) is 12.7 Å². The van der Waals surface area contributed by atoms with Crippen LogP contribution in [0.2, 0.25) is 0 Å². The molecule has 0 unspecified atom stereocenters. The maximum Gasteiger partial charge on any atom is 0.157 e. The van der Waals surface area contributed by atoms with Crippen molar-refractivity contribution in [3.8, 4) is 5.75 Å². The molecule has 0 aliphatic carbocycles. The molecule has 1 heterocycles. The molecule has 1 aromatic rings. The van der Waals surface area contributed by atoms with Crippen molar-refractivity contribution < 1.29 is 9.52 Å². The maximum absolute atomic E-state index is 8.83. The molecule has 1 radical (unpaired) electrons. The van der Waals surface area contributed by atoms with Gasteiger partial charge in [-0.05, 0) is 0 Å². The highest BCUT2D eigenvalue weighted by atomic mass is 16.4. The lowest BCUT2D eigenvalue weighted by Crippen LogP contribution is -1.67. The quantitative estimate of drug-likeness (QED) is 0.596. The molecular weight excluding hydrogens is 104 g/mol. The summed E-state index contributed by atoms with van der Waals surface area (Å²) < 4.78 is 4.81. The minimum absolute atomic E-state index is 0.201. The highest BCUT2D eigenvalue weighted by molar-refractivity contribution is 5.27. The van der Waals surface area contributed by atoms with Crippen LogP contribution in [0.4, 0.5) is 0 Å². The molecule has 0 fully saturated rings. The minimum atomic E-state index is 0.201. The molecule has 0 aliphatic rings. The smallest absolute Gasteiger partial charge is 0.157 e. The Kier molecular flexibility index (Phi) is 1.24. The van der Waals surface area contributed by atoms with Gasteiger partial charge in [0, 0.05) is 12.5 Å². The zero-order chi connectivity index (χ0) is 5.98. The molecule has 2 heteroatoms. The van der Waals surface area contributed by atoms with Gasteiger partial charge in [0.1, 0.15) is 5.76 Å². The highest BCUT2D eigenvalue weighted by Crippen LogP contribution is 2.17. The van der Waals surface area contributed by atoms with Crippen molar-refractivity contribution in [3.63, 3.8) is 0 Å². The topological polar surface area (TPSA) is 33.4 Å². The van der Waals surface area contributed by atoms with E-state index in [1.165, 1.54) is 12.3 Å². The first-order valence-electron chi connectivity index (χ1n) is 2.40. The van der Waals surface area contributed by atoms with Crippen molar-refractivity contribution in [2.24, 2.45) is 0 Å². The summed E-state index contributed by atoms with van der Waals surface area (Å²) in [7, 11) is 0. The molecule has 2 nitrogen and oxygen atoms in total. The van der Waals surface area contributed by atoms with Gasteiger partial charge >= 0.3 is 0 Å². The standard InChI is InChI=1S/C6H7O2/c1-2-6-5(7)3-4-8-6/h2-4,7H,1H3. The van der Waals surface area contributed by atoms with Crippen LogP contribution in [-0.4, -0.2) is 5.11 Å². The number of hydrogen-bond acceptors (Lipinski definition) is 2. The van der Waals surface area contributed by atoms with Crippen molar-refractivity contribution in [1.29, 1.82) is 0 Å². The number of rotatable bonds is 1. The molecule has 8 heavy (non-hydrogen) atoms. The molecular formula is C6H7O2. The summed E-state index contributed by atoms with van der Waals surface area (Å²) in [6, 6.07) is 1.51. The van der Waals surface area contributed by atoms with Crippen molar-refractivity contribution >= 4 is 0 Å². The second-order valence-electron chi connectivity index (χ2n) is 1.46. The first kappa shape index (κ1) is 5.22. The molecule has 0 amide bonds. The zero-order valence-corrected chi connectivity index (χ0v) is 4.59. The molecule has 0 spiro atoms. The van der Waals surface area contributed by atoms with E-state index in [2.05, 4.69) is 0 Å². The van der Waals surface area contributed by atoms with Gasteiger partial charge in [0.2, 0.25) is 0 Å². The normalized spacial score (nSPS) is 9.62. The lowest BCUT2D eigenvalue weighted by Gasteiger charge is -1.85. The fraction of sp³-hybridized carbons (Fsp3) is 0.167. The van der Waals surface area contributed by atoms with E-state index in [9.17, 15) is 0 Å². The fourth-order valence-electron chi connectivity index (χ4n) is 0.530. The van der Waals surface area contributed by atoms with E-state index in [4.69, 9.17) is 9.52 Å². The number of hydrogen-bond donors (Lipinski definition) is 1. The third-order valence-corrected chi connectivity index (χ3v) is 0.936. The predicted octanol–water partition coefficient (Wildman–Crippen LogP) is 1.56. The van der Waals surface area contributed by atoms with Gasteiger partial charge in [0.05, 0.1) is 6.26 Å². The Balaban J connectivity index is 2.92. The Hall–Kier alpha value is -0.920. The van der Waals surface area contributed by atoms with E-state index < -0.39 is 0 Å². The van der Waals surface area contributed by atoms with E-state index in [1.807, 2.05) is 0 Å². The van der Waals surface area contributed by atoms with E-state index in [0.29, 0.717) is 5.76 Å². The summed E-state index contributed by atoms with van der Waals surface area (Å²) in [5, 5.41) is 8.83. The molecule has 1 aromatic heterocycles. The Morgan fingerprint density at radius 2 is 2.50 bits per heavy atom. The van der Waals surface area contributed by atoms with Gasteiger partial charge in [-0.1, -0.05) is 6.92 Å². The van der Waals surface area contributed by atoms with Gasteiger partial charge in [-0.15, -0.1) is 0 Å². The van der Waals surface area contributed by atoms with Gasteiger partial charge in [-0.25, -0.2) is 0 Å². The average molecular weight is 111 g/mol. The van der Waals surface area contributed by atoms with Gasteiger partial charge in [-0.3, -0.25) is 0 Å². The second kappa shape index (κ2) is 1.90. The van der Waals surface area contributed by atoms with Crippen LogP contribution in [0.15, 0.2) is 16.7 Å². The Labute approximate surface area is 47.7 Å². The largest absolute Gasteiger partial charge is 0.504 e. The van der Waals surface area contributed by atoms with Gasteiger partial charge in [0.15, 0.2) is 5.75 Å². The van der Waals surface area contributed by atoms with E-state index >= 15 is 0 Å². The Bertz CT molecular complexity index is 167. The van der Waals surface area contributed by atoms with Crippen molar-refractivity contribution in [2.75, 3.05) is 0 Å². The van der Waals surface area contributed by atoms with Crippen LogP contribution in [0.3, 0.4) is 0 Å².